The Morgan fingerprint density at radius 1 is 1.18 bits per heavy atom. The van der Waals surface area contributed by atoms with Gasteiger partial charge in [-0.1, -0.05) is 42.5 Å². The van der Waals surface area contributed by atoms with E-state index >= 15 is 0 Å². The van der Waals surface area contributed by atoms with Crippen molar-refractivity contribution < 1.29 is 10.2 Å². The molecule has 0 aliphatic rings. The van der Waals surface area contributed by atoms with Gasteiger partial charge in [-0.15, -0.1) is 0 Å². The summed E-state index contributed by atoms with van der Waals surface area (Å²) in [5.41, 5.74) is 0.652. The number of pyridine rings is 1. The molecular weight excluding hydrogens is 276 g/mol. The van der Waals surface area contributed by atoms with Crippen LogP contribution in [0.1, 0.15) is 11.1 Å². The van der Waals surface area contributed by atoms with Gasteiger partial charge in [-0.05, 0) is 31.3 Å². The Morgan fingerprint density at radius 3 is 2.45 bits per heavy atom. The van der Waals surface area contributed by atoms with E-state index in [4.69, 9.17) is 0 Å². The lowest BCUT2D eigenvalue weighted by Crippen LogP contribution is -2.32. The van der Waals surface area contributed by atoms with Gasteiger partial charge in [0, 0.05) is 24.5 Å². The largest absolute Gasteiger partial charge is 0.393 e. The number of rotatable bonds is 6. The lowest BCUT2D eigenvalue weighted by molar-refractivity contribution is 0.0328. The van der Waals surface area contributed by atoms with Gasteiger partial charge < -0.3 is 15.1 Å². The van der Waals surface area contributed by atoms with Gasteiger partial charge in [0.1, 0.15) is 5.60 Å². The first-order chi connectivity index (χ1) is 10.6. The second-order valence-corrected chi connectivity index (χ2v) is 5.51. The molecule has 2 aromatic rings. The van der Waals surface area contributed by atoms with E-state index in [-0.39, 0.29) is 0 Å². The van der Waals surface area contributed by atoms with E-state index in [1.165, 1.54) is 0 Å². The molecule has 4 heteroatoms. The Kier molecular flexibility index (Phi) is 5.44. The van der Waals surface area contributed by atoms with Crippen molar-refractivity contribution >= 4 is 5.57 Å². The predicted octanol–water partition coefficient (Wildman–Crippen LogP) is 1.91. The van der Waals surface area contributed by atoms with Crippen LogP contribution in [0.4, 0.5) is 0 Å². The highest BCUT2D eigenvalue weighted by atomic mass is 16.3. The minimum atomic E-state index is -1.48. The van der Waals surface area contributed by atoms with Gasteiger partial charge in [-0.2, -0.15) is 0 Å². The van der Waals surface area contributed by atoms with Crippen LogP contribution < -0.4 is 0 Å². The molecule has 2 rings (SSSR count). The van der Waals surface area contributed by atoms with E-state index in [0.717, 1.165) is 5.56 Å². The molecule has 2 N–H and O–H groups in total. The molecule has 0 spiro atoms. The van der Waals surface area contributed by atoms with Gasteiger partial charge in [-0.3, -0.25) is 4.98 Å². The third-order valence-electron chi connectivity index (χ3n) is 3.56. The van der Waals surface area contributed by atoms with Gasteiger partial charge >= 0.3 is 0 Å². The van der Waals surface area contributed by atoms with Crippen LogP contribution in [0.5, 0.6) is 0 Å². The van der Waals surface area contributed by atoms with E-state index in [0.29, 0.717) is 17.7 Å². The van der Waals surface area contributed by atoms with Crippen LogP contribution >= 0.6 is 0 Å². The minimum absolute atomic E-state index is 0.410. The third-order valence-corrected chi connectivity index (χ3v) is 3.56. The summed E-state index contributed by atoms with van der Waals surface area (Å²) in [6, 6.07) is 13.1. The Bertz CT molecular complexity index is 611. The van der Waals surface area contributed by atoms with Crippen molar-refractivity contribution in [1.82, 2.24) is 9.88 Å². The average molecular weight is 298 g/mol. The van der Waals surface area contributed by atoms with Crippen LogP contribution in [0.3, 0.4) is 0 Å². The molecule has 0 saturated heterocycles. The first kappa shape index (κ1) is 16.4. The molecule has 1 unspecified atom stereocenters. The Balaban J connectivity index is 2.53. The quantitative estimate of drug-likeness (QED) is 0.855. The molecule has 0 radical (unpaired) electrons. The Labute approximate surface area is 131 Å². The van der Waals surface area contributed by atoms with Crippen molar-refractivity contribution in [3.63, 3.8) is 0 Å². The van der Waals surface area contributed by atoms with Gasteiger partial charge in [0.05, 0.1) is 6.61 Å². The fourth-order valence-corrected chi connectivity index (χ4v) is 2.36. The molecule has 1 aromatic heterocycles. The summed E-state index contributed by atoms with van der Waals surface area (Å²) in [4.78, 5) is 6.07. The number of aromatic nitrogens is 1. The lowest BCUT2D eigenvalue weighted by atomic mass is 9.83. The van der Waals surface area contributed by atoms with Crippen LogP contribution in [0, 0.1) is 0 Å². The second kappa shape index (κ2) is 7.31. The molecule has 1 atom stereocenters. The summed E-state index contributed by atoms with van der Waals surface area (Å²) in [5.74, 6) is 0. The maximum absolute atomic E-state index is 11.1. The van der Waals surface area contributed by atoms with Crippen molar-refractivity contribution in [2.75, 3.05) is 27.2 Å². The normalized spacial score (nSPS) is 14.9. The fourth-order valence-electron chi connectivity index (χ4n) is 2.36. The number of likely N-dealkylation sites (N-methyl/N-ethyl adjacent to an activating group) is 1. The average Bonchev–Trinajstić information content (AvgIpc) is 2.56. The Hall–Kier alpha value is -2.01. The summed E-state index contributed by atoms with van der Waals surface area (Å²) in [5, 5.41) is 21.0. The molecule has 22 heavy (non-hydrogen) atoms. The van der Waals surface area contributed by atoms with Crippen molar-refractivity contribution in [3.8, 4) is 0 Å². The van der Waals surface area contributed by atoms with Crippen LogP contribution in [0.2, 0.25) is 0 Å². The lowest BCUT2D eigenvalue weighted by Gasteiger charge is -2.30. The molecule has 1 heterocycles. The maximum atomic E-state index is 11.1. The van der Waals surface area contributed by atoms with Crippen LogP contribution in [0.25, 0.3) is 5.57 Å². The van der Waals surface area contributed by atoms with Crippen molar-refractivity contribution in [3.05, 3.63) is 72.1 Å². The molecule has 0 aliphatic heterocycles. The van der Waals surface area contributed by atoms with E-state index in [1.807, 2.05) is 55.4 Å². The number of benzene rings is 1. The fraction of sp³-hybridized carbons (Fsp3) is 0.278. The number of nitrogens with zero attached hydrogens (tertiary/aromatic N) is 2. The third kappa shape index (κ3) is 3.60. The van der Waals surface area contributed by atoms with E-state index in [1.54, 1.807) is 24.5 Å². The van der Waals surface area contributed by atoms with Gasteiger partial charge in [0.2, 0.25) is 0 Å². The predicted molar refractivity (Wildman–Crippen MR) is 88.2 cm³/mol. The Morgan fingerprint density at radius 2 is 1.91 bits per heavy atom. The standard InChI is InChI=1S/C18H22N2O2/c1-20(2)12-10-17(15-7-4-3-5-8-15)18(22,14-21)16-9-6-11-19-13-16/h3-11,13,21-22H,12,14H2,1-2H3. The van der Waals surface area contributed by atoms with Crippen molar-refractivity contribution in [2.45, 2.75) is 5.60 Å². The zero-order valence-electron chi connectivity index (χ0n) is 13.0. The van der Waals surface area contributed by atoms with E-state index in [9.17, 15) is 10.2 Å². The highest BCUT2D eigenvalue weighted by molar-refractivity contribution is 5.74. The van der Waals surface area contributed by atoms with E-state index < -0.39 is 12.2 Å². The highest BCUT2D eigenvalue weighted by Gasteiger charge is 2.34. The molecule has 0 bridgehead atoms. The molecule has 0 amide bonds. The van der Waals surface area contributed by atoms with Gasteiger partial charge in [-0.25, -0.2) is 0 Å². The zero-order valence-corrected chi connectivity index (χ0v) is 13.0. The molecule has 116 valence electrons. The summed E-state index contributed by atoms with van der Waals surface area (Å²) in [6.45, 7) is 0.250. The topological polar surface area (TPSA) is 56.6 Å². The summed E-state index contributed by atoms with van der Waals surface area (Å²) < 4.78 is 0. The highest BCUT2D eigenvalue weighted by Crippen LogP contribution is 2.35. The molecule has 0 aliphatic carbocycles. The summed E-state index contributed by atoms with van der Waals surface area (Å²) in [7, 11) is 3.92. The maximum Gasteiger partial charge on any atom is 0.139 e. The van der Waals surface area contributed by atoms with Crippen LogP contribution in [-0.2, 0) is 5.60 Å². The number of aliphatic hydroxyl groups is 2. The number of hydrogen-bond acceptors (Lipinski definition) is 4. The molecule has 0 fully saturated rings. The smallest absolute Gasteiger partial charge is 0.139 e. The molecule has 0 saturated carbocycles. The first-order valence-electron chi connectivity index (χ1n) is 7.22. The summed E-state index contributed by atoms with van der Waals surface area (Å²) in [6.07, 6.45) is 5.17. The zero-order chi connectivity index (χ0) is 16.0. The number of aliphatic hydroxyl groups excluding tert-OH is 1. The van der Waals surface area contributed by atoms with Crippen LogP contribution in [0.15, 0.2) is 60.9 Å². The molecule has 4 nitrogen and oxygen atoms in total. The minimum Gasteiger partial charge on any atom is -0.393 e. The monoisotopic (exact) mass is 298 g/mol. The van der Waals surface area contributed by atoms with Crippen molar-refractivity contribution in [2.24, 2.45) is 0 Å². The summed E-state index contributed by atoms with van der Waals surface area (Å²) >= 11 is 0. The van der Waals surface area contributed by atoms with Gasteiger partial charge in [0.15, 0.2) is 0 Å². The second-order valence-electron chi connectivity index (χ2n) is 5.51. The van der Waals surface area contributed by atoms with Crippen molar-refractivity contribution in [1.29, 1.82) is 0 Å². The van der Waals surface area contributed by atoms with Crippen LogP contribution in [-0.4, -0.2) is 47.3 Å². The van der Waals surface area contributed by atoms with Gasteiger partial charge in [0.25, 0.3) is 0 Å². The molecular formula is C18H22N2O2. The SMILES string of the molecule is CN(C)CC=C(c1ccccc1)C(O)(CO)c1cccnc1. The number of hydrogen-bond donors (Lipinski definition) is 2. The molecule has 1 aromatic carbocycles. The first-order valence-corrected chi connectivity index (χ1v) is 7.22. The van der Waals surface area contributed by atoms with E-state index in [2.05, 4.69) is 4.98 Å².